The first-order chi connectivity index (χ1) is 14.6. The molecule has 0 saturated heterocycles. The largest absolute Gasteiger partial charge is 0.364 e. The zero-order chi connectivity index (χ0) is 22.9. The Balaban J connectivity index is 2.28. The third-order valence-corrected chi connectivity index (χ3v) is 5.45. The lowest BCUT2D eigenvalue weighted by Crippen LogP contribution is -2.14. The van der Waals surface area contributed by atoms with Crippen molar-refractivity contribution < 1.29 is 14.5 Å². The van der Waals surface area contributed by atoms with Crippen LogP contribution in [0.25, 0.3) is 11.0 Å². The number of amides is 1. The number of halogens is 1. The van der Waals surface area contributed by atoms with E-state index in [0.29, 0.717) is 28.6 Å². The molecule has 2 heterocycles. The van der Waals surface area contributed by atoms with E-state index < -0.39 is 10.8 Å². The number of hydrogen-bond donors (Lipinski definition) is 1. The first-order valence-corrected chi connectivity index (χ1v) is 10.3. The number of hydrogen-bond acceptors (Lipinski definition) is 5. The summed E-state index contributed by atoms with van der Waals surface area (Å²) in [6.07, 6.45) is 1.39. The number of fused-ring (bicyclic) bond motifs is 1. The average Bonchev–Trinajstić information content (AvgIpc) is 3.01. The Morgan fingerprint density at radius 3 is 2.52 bits per heavy atom. The van der Waals surface area contributed by atoms with Crippen LogP contribution in [0.2, 0.25) is 5.02 Å². The molecule has 1 aromatic carbocycles. The molecule has 162 valence electrons. The second kappa shape index (κ2) is 8.85. The van der Waals surface area contributed by atoms with Gasteiger partial charge in [0.1, 0.15) is 11.3 Å². The summed E-state index contributed by atoms with van der Waals surface area (Å²) < 4.78 is 1.86. The number of pyridine rings is 1. The predicted octanol–water partition coefficient (Wildman–Crippen LogP) is 4.54. The lowest BCUT2D eigenvalue weighted by molar-refractivity contribution is -0.384. The van der Waals surface area contributed by atoms with Crippen molar-refractivity contribution in [1.29, 1.82) is 0 Å². The fourth-order valence-corrected chi connectivity index (χ4v) is 3.82. The molecule has 0 fully saturated rings. The number of nitro groups is 1. The van der Waals surface area contributed by atoms with Gasteiger partial charge in [0.15, 0.2) is 5.78 Å². The van der Waals surface area contributed by atoms with E-state index >= 15 is 0 Å². The first-order valence-electron chi connectivity index (χ1n) is 9.94. The number of nitrogens with zero attached hydrogens (tertiary/aromatic N) is 3. The Labute approximate surface area is 184 Å². The van der Waals surface area contributed by atoms with Gasteiger partial charge in [-0.05, 0) is 30.2 Å². The van der Waals surface area contributed by atoms with Crippen molar-refractivity contribution in [3.8, 4) is 0 Å². The van der Waals surface area contributed by atoms with Crippen LogP contribution in [-0.2, 0) is 13.0 Å². The minimum atomic E-state index is -0.670. The zero-order valence-corrected chi connectivity index (χ0v) is 18.3. The molecule has 0 radical (unpaired) electrons. The Bertz CT molecular complexity index is 1200. The number of primary amides is 1. The molecule has 0 unspecified atom stereocenters. The summed E-state index contributed by atoms with van der Waals surface area (Å²) in [5.41, 5.74) is 7.87. The standard InChI is InChI=1S/C22H23ClN4O4/c1-4-5-18-19(20(28)12(2)3)15-8-9-17(21(24)29)25-22(15)26(18)11-13-6-7-14(27(30)31)10-16(13)23/h6-10,12H,4-5,11H2,1-3H3,(H2,24,29). The molecule has 2 aromatic heterocycles. The van der Waals surface area contributed by atoms with Crippen molar-refractivity contribution in [2.45, 2.75) is 40.2 Å². The van der Waals surface area contributed by atoms with Gasteiger partial charge in [-0.25, -0.2) is 4.98 Å². The monoisotopic (exact) mass is 442 g/mol. The van der Waals surface area contributed by atoms with Crippen LogP contribution in [0.4, 0.5) is 5.69 Å². The molecule has 2 N–H and O–H groups in total. The molecule has 31 heavy (non-hydrogen) atoms. The molecular weight excluding hydrogens is 420 g/mol. The number of carbonyl (C=O) groups excluding carboxylic acids is 2. The fourth-order valence-electron chi connectivity index (χ4n) is 3.58. The van der Waals surface area contributed by atoms with E-state index in [9.17, 15) is 19.7 Å². The molecule has 0 spiro atoms. The van der Waals surface area contributed by atoms with Crippen molar-refractivity contribution in [3.63, 3.8) is 0 Å². The molecular formula is C22H23ClN4O4. The van der Waals surface area contributed by atoms with E-state index in [1.165, 1.54) is 18.2 Å². The predicted molar refractivity (Wildman–Crippen MR) is 119 cm³/mol. The number of nitrogens with two attached hydrogens (primary N) is 1. The summed E-state index contributed by atoms with van der Waals surface area (Å²) in [4.78, 5) is 39.8. The molecule has 9 heteroatoms. The molecule has 0 saturated carbocycles. The van der Waals surface area contributed by atoms with E-state index in [2.05, 4.69) is 4.98 Å². The molecule has 0 aliphatic rings. The SMILES string of the molecule is CCCc1c(C(=O)C(C)C)c2ccc(C(N)=O)nc2n1Cc1ccc([N+](=O)[O-])cc1Cl. The van der Waals surface area contributed by atoms with Crippen LogP contribution in [0.3, 0.4) is 0 Å². The van der Waals surface area contributed by atoms with Crippen molar-refractivity contribution in [2.75, 3.05) is 0 Å². The minimum Gasteiger partial charge on any atom is -0.364 e. The van der Waals surface area contributed by atoms with Gasteiger partial charge in [0.05, 0.1) is 16.5 Å². The molecule has 8 nitrogen and oxygen atoms in total. The summed E-state index contributed by atoms with van der Waals surface area (Å²) in [6.45, 7) is 5.91. The number of rotatable bonds is 8. The summed E-state index contributed by atoms with van der Waals surface area (Å²) in [5.74, 6) is -0.916. The van der Waals surface area contributed by atoms with Gasteiger partial charge in [0, 0.05) is 34.7 Å². The van der Waals surface area contributed by atoms with E-state index in [4.69, 9.17) is 17.3 Å². The highest BCUT2D eigenvalue weighted by Crippen LogP contribution is 2.31. The maximum atomic E-state index is 13.1. The maximum Gasteiger partial charge on any atom is 0.270 e. The van der Waals surface area contributed by atoms with E-state index in [1.807, 2.05) is 25.3 Å². The van der Waals surface area contributed by atoms with Gasteiger partial charge in [-0.15, -0.1) is 0 Å². The smallest absolute Gasteiger partial charge is 0.270 e. The molecule has 0 aliphatic heterocycles. The van der Waals surface area contributed by atoms with Gasteiger partial charge in [-0.1, -0.05) is 38.8 Å². The zero-order valence-electron chi connectivity index (χ0n) is 17.5. The van der Waals surface area contributed by atoms with Crippen LogP contribution >= 0.6 is 11.6 Å². The van der Waals surface area contributed by atoms with Crippen LogP contribution in [0.5, 0.6) is 0 Å². The quantitative estimate of drug-likeness (QED) is 0.312. The Kier molecular flexibility index (Phi) is 6.40. The van der Waals surface area contributed by atoms with E-state index in [0.717, 1.165) is 12.1 Å². The second-order valence-corrected chi connectivity index (χ2v) is 8.05. The third kappa shape index (κ3) is 4.29. The highest BCUT2D eigenvalue weighted by atomic mass is 35.5. The number of non-ortho nitro benzene ring substituents is 1. The third-order valence-electron chi connectivity index (χ3n) is 5.10. The molecule has 0 bridgehead atoms. The fraction of sp³-hybridized carbons (Fsp3) is 0.318. The van der Waals surface area contributed by atoms with Gasteiger partial charge < -0.3 is 10.3 Å². The van der Waals surface area contributed by atoms with Crippen LogP contribution in [0.1, 0.15) is 59.3 Å². The number of aromatic nitrogens is 2. The number of ketones is 1. The molecule has 3 rings (SSSR count). The van der Waals surface area contributed by atoms with Crippen LogP contribution in [0.15, 0.2) is 30.3 Å². The average molecular weight is 443 g/mol. The molecule has 1 amide bonds. The van der Waals surface area contributed by atoms with E-state index in [-0.39, 0.29) is 34.6 Å². The minimum absolute atomic E-state index is 0.0179. The Hall–Kier alpha value is -3.26. The topological polar surface area (TPSA) is 121 Å². The summed E-state index contributed by atoms with van der Waals surface area (Å²) >= 11 is 6.33. The Morgan fingerprint density at radius 2 is 1.97 bits per heavy atom. The summed E-state index contributed by atoms with van der Waals surface area (Å²) in [6, 6.07) is 7.48. The number of Topliss-reactive ketones (excluding diaryl/α,β-unsaturated/α-hetero) is 1. The van der Waals surface area contributed by atoms with Gasteiger partial charge >= 0.3 is 0 Å². The normalized spacial score (nSPS) is 11.3. The van der Waals surface area contributed by atoms with Crippen molar-refractivity contribution in [3.05, 3.63) is 68.0 Å². The van der Waals surface area contributed by atoms with Gasteiger partial charge in [-0.3, -0.25) is 19.7 Å². The second-order valence-electron chi connectivity index (χ2n) is 7.64. The number of nitro benzene ring substituents is 1. The summed E-state index contributed by atoms with van der Waals surface area (Å²) in [7, 11) is 0. The van der Waals surface area contributed by atoms with E-state index in [1.54, 1.807) is 12.1 Å². The van der Waals surface area contributed by atoms with Crippen LogP contribution in [0, 0.1) is 16.0 Å². The van der Waals surface area contributed by atoms with Crippen molar-refractivity contribution in [1.82, 2.24) is 9.55 Å². The summed E-state index contributed by atoms with van der Waals surface area (Å²) in [5, 5.41) is 11.9. The highest BCUT2D eigenvalue weighted by molar-refractivity contribution is 6.31. The molecule has 0 aliphatic carbocycles. The van der Waals surface area contributed by atoms with Gasteiger partial charge in [-0.2, -0.15) is 0 Å². The first kappa shape index (κ1) is 22.4. The number of carbonyl (C=O) groups is 2. The maximum absolute atomic E-state index is 13.1. The highest BCUT2D eigenvalue weighted by Gasteiger charge is 2.26. The molecule has 0 atom stereocenters. The van der Waals surface area contributed by atoms with Gasteiger partial charge in [0.25, 0.3) is 11.6 Å². The number of benzene rings is 1. The lowest BCUT2D eigenvalue weighted by atomic mass is 9.97. The van der Waals surface area contributed by atoms with Crippen molar-refractivity contribution in [2.24, 2.45) is 11.7 Å². The van der Waals surface area contributed by atoms with Crippen LogP contribution < -0.4 is 5.73 Å². The van der Waals surface area contributed by atoms with Crippen LogP contribution in [-0.4, -0.2) is 26.2 Å². The van der Waals surface area contributed by atoms with Gasteiger partial charge in [0.2, 0.25) is 0 Å². The molecule has 3 aromatic rings. The van der Waals surface area contributed by atoms with Crippen molar-refractivity contribution >= 4 is 40.0 Å². The Morgan fingerprint density at radius 1 is 1.26 bits per heavy atom. The lowest BCUT2D eigenvalue weighted by Gasteiger charge is -2.13.